The van der Waals surface area contributed by atoms with Crippen LogP contribution in [-0.2, 0) is 22.6 Å². The Balaban J connectivity index is 1.63. The lowest BCUT2D eigenvalue weighted by Crippen LogP contribution is -2.63. The maximum atomic E-state index is 13.9. The van der Waals surface area contributed by atoms with E-state index in [0.717, 1.165) is 24.9 Å². The van der Waals surface area contributed by atoms with E-state index in [-0.39, 0.29) is 29.7 Å². The van der Waals surface area contributed by atoms with Crippen molar-refractivity contribution in [2.45, 2.75) is 69.7 Å². The molecule has 0 aliphatic heterocycles. The summed E-state index contributed by atoms with van der Waals surface area (Å²) < 4.78 is 5.84. The number of Topliss-reactive ketones (excluding diaryl/α,β-unsaturated/α-hetero) is 2. The number of benzene rings is 1. The summed E-state index contributed by atoms with van der Waals surface area (Å²) >= 11 is 0. The van der Waals surface area contributed by atoms with E-state index in [1.165, 1.54) is 30.9 Å². The van der Waals surface area contributed by atoms with Gasteiger partial charge in [0.2, 0.25) is 5.78 Å². The second kappa shape index (κ2) is 10.5. The number of methoxy groups -OCH3 is 1. The summed E-state index contributed by atoms with van der Waals surface area (Å²) in [5.74, 6) is -6.20. The van der Waals surface area contributed by atoms with Crippen LogP contribution in [0.15, 0.2) is 28.7 Å². The van der Waals surface area contributed by atoms with Crippen LogP contribution in [0.1, 0.15) is 60.5 Å². The fraction of sp³-hybridized carbons (Fsp3) is 0.567. The third-order valence-electron chi connectivity index (χ3n) is 9.57. The quantitative estimate of drug-likeness (QED) is 0.305. The van der Waals surface area contributed by atoms with Crippen LogP contribution in [0, 0.1) is 11.8 Å². The number of fused-ring (bicyclic) bond motifs is 3. The Kier molecular flexibility index (Phi) is 7.42. The number of hydrogen-bond acceptors (Lipinski definition) is 10. The molecule has 1 saturated carbocycles. The molecule has 222 valence electrons. The Bertz CT molecular complexity index is 1380. The molecule has 0 saturated heterocycles. The molecule has 1 aromatic rings. The van der Waals surface area contributed by atoms with Crippen molar-refractivity contribution in [3.05, 3.63) is 45.4 Å². The van der Waals surface area contributed by atoms with Crippen LogP contribution in [0.3, 0.4) is 0 Å². The number of aromatic hydroxyl groups is 1. The zero-order valence-electron chi connectivity index (χ0n) is 23.9. The molecule has 0 radical (unpaired) electrons. The summed E-state index contributed by atoms with van der Waals surface area (Å²) in [7, 11) is 4.72. The molecule has 0 heterocycles. The van der Waals surface area contributed by atoms with Crippen molar-refractivity contribution in [3.8, 4) is 11.5 Å². The van der Waals surface area contributed by atoms with Gasteiger partial charge in [-0.2, -0.15) is 0 Å². The normalized spacial score (nSPS) is 28.3. The average molecular weight is 570 g/mol. The topological polar surface area (TPSA) is 174 Å². The summed E-state index contributed by atoms with van der Waals surface area (Å²) in [4.78, 5) is 43.4. The molecule has 0 aromatic heterocycles. The Morgan fingerprint density at radius 1 is 1.17 bits per heavy atom. The number of carbonyl (C=O) groups is 3. The molecule has 4 aliphatic rings. The van der Waals surface area contributed by atoms with Crippen molar-refractivity contribution < 1.29 is 39.5 Å². The standard InChI is InChI=1S/C30H39N3O8/c1-5-33(16-8-6-7-9-16)13-15-12-19(34)21-17(26(15)41-4)10-14-11-18-23(32(2)3)25(36)22(29(31)39)28(38)30(18,40)27(37)20(14)24(21)35/h12,14,16,18,23,34,36-37,40H,5-11,13H2,1-4H3,(H2,31,39)/t14-,18-,23-,30-/m0/s1. The number of ether oxygens (including phenoxy) is 1. The van der Waals surface area contributed by atoms with Gasteiger partial charge in [-0.25, -0.2) is 0 Å². The summed E-state index contributed by atoms with van der Waals surface area (Å²) in [5, 5.41) is 45.3. The number of nitrogens with zero attached hydrogens (tertiary/aromatic N) is 2. The van der Waals surface area contributed by atoms with Crippen molar-refractivity contribution in [3.63, 3.8) is 0 Å². The molecular weight excluding hydrogens is 530 g/mol. The number of nitrogens with two attached hydrogens (primary N) is 1. The Morgan fingerprint density at radius 2 is 1.83 bits per heavy atom. The number of aliphatic hydroxyl groups is 3. The van der Waals surface area contributed by atoms with Gasteiger partial charge < -0.3 is 30.9 Å². The number of hydrogen-bond donors (Lipinski definition) is 5. The first-order valence-electron chi connectivity index (χ1n) is 14.2. The Hall–Kier alpha value is -3.41. The highest BCUT2D eigenvalue weighted by Crippen LogP contribution is 2.53. The molecule has 4 aliphatic carbocycles. The van der Waals surface area contributed by atoms with Gasteiger partial charge >= 0.3 is 0 Å². The molecule has 1 amide bonds. The van der Waals surface area contributed by atoms with Gasteiger partial charge in [0, 0.05) is 35.2 Å². The van der Waals surface area contributed by atoms with Crippen molar-refractivity contribution in [1.29, 1.82) is 0 Å². The maximum Gasteiger partial charge on any atom is 0.255 e. The van der Waals surface area contributed by atoms with Gasteiger partial charge in [0.15, 0.2) is 11.4 Å². The molecular formula is C30H39N3O8. The third kappa shape index (κ3) is 4.24. The zero-order valence-corrected chi connectivity index (χ0v) is 23.9. The van der Waals surface area contributed by atoms with Gasteiger partial charge in [-0.3, -0.25) is 24.2 Å². The van der Waals surface area contributed by atoms with Gasteiger partial charge in [-0.05, 0) is 58.3 Å². The fourth-order valence-electron chi connectivity index (χ4n) is 7.72. The third-order valence-corrected chi connectivity index (χ3v) is 9.57. The number of primary amides is 1. The van der Waals surface area contributed by atoms with Crippen LogP contribution >= 0.6 is 0 Å². The van der Waals surface area contributed by atoms with Crippen LogP contribution in [-0.4, -0.2) is 93.1 Å². The molecule has 1 aromatic carbocycles. The summed E-state index contributed by atoms with van der Waals surface area (Å²) in [6.07, 6.45) is 4.79. The maximum absolute atomic E-state index is 13.9. The molecule has 1 fully saturated rings. The smallest absolute Gasteiger partial charge is 0.255 e. The molecule has 11 nitrogen and oxygen atoms in total. The minimum absolute atomic E-state index is 0.0308. The van der Waals surface area contributed by atoms with Gasteiger partial charge in [-0.15, -0.1) is 0 Å². The fourth-order valence-corrected chi connectivity index (χ4v) is 7.72. The summed E-state index contributed by atoms with van der Waals surface area (Å²) in [5.41, 5.74) is 2.93. The second-order valence-corrected chi connectivity index (χ2v) is 11.9. The summed E-state index contributed by atoms with van der Waals surface area (Å²) in [6, 6.07) is 0.919. The first-order valence-corrected chi connectivity index (χ1v) is 14.2. The number of likely N-dealkylation sites (N-methyl/N-ethyl adjacent to an activating group) is 1. The van der Waals surface area contributed by atoms with E-state index in [4.69, 9.17) is 10.5 Å². The van der Waals surface area contributed by atoms with E-state index in [2.05, 4.69) is 11.8 Å². The Labute approximate surface area is 238 Å². The van der Waals surface area contributed by atoms with Crippen LogP contribution in [0.2, 0.25) is 0 Å². The Morgan fingerprint density at radius 3 is 2.39 bits per heavy atom. The molecule has 4 atom stereocenters. The zero-order chi connectivity index (χ0) is 30.0. The van der Waals surface area contributed by atoms with E-state index in [0.29, 0.717) is 23.9 Å². The summed E-state index contributed by atoms with van der Waals surface area (Å²) in [6.45, 7) is 3.44. The lowest BCUT2D eigenvalue weighted by molar-refractivity contribution is -0.148. The van der Waals surface area contributed by atoms with E-state index < -0.39 is 58.0 Å². The van der Waals surface area contributed by atoms with Crippen molar-refractivity contribution >= 4 is 17.5 Å². The molecule has 6 N–H and O–H groups in total. The average Bonchev–Trinajstić information content (AvgIpc) is 3.44. The second-order valence-electron chi connectivity index (χ2n) is 11.9. The first kappa shape index (κ1) is 29.1. The van der Waals surface area contributed by atoms with Gasteiger partial charge in [0.25, 0.3) is 5.91 Å². The number of phenolic OH excluding ortho intramolecular Hbond substituents is 1. The monoisotopic (exact) mass is 569 g/mol. The molecule has 41 heavy (non-hydrogen) atoms. The van der Waals surface area contributed by atoms with Crippen molar-refractivity contribution in [1.82, 2.24) is 9.80 Å². The number of phenols is 1. The van der Waals surface area contributed by atoms with E-state index in [1.807, 2.05) is 0 Å². The number of amides is 1. The number of rotatable bonds is 7. The van der Waals surface area contributed by atoms with E-state index in [1.54, 1.807) is 14.1 Å². The van der Waals surface area contributed by atoms with Crippen LogP contribution in [0.4, 0.5) is 0 Å². The minimum atomic E-state index is -2.66. The van der Waals surface area contributed by atoms with Gasteiger partial charge in [0.05, 0.1) is 18.7 Å². The van der Waals surface area contributed by atoms with Gasteiger partial charge in [-0.1, -0.05) is 19.8 Å². The number of ketones is 2. The number of aliphatic hydroxyl groups excluding tert-OH is 2. The lowest BCUT2D eigenvalue weighted by Gasteiger charge is -2.50. The highest BCUT2D eigenvalue weighted by atomic mass is 16.5. The molecule has 5 rings (SSSR count). The molecule has 0 unspecified atom stereocenters. The van der Waals surface area contributed by atoms with E-state index in [9.17, 15) is 34.8 Å². The van der Waals surface area contributed by atoms with Crippen LogP contribution in [0.25, 0.3) is 0 Å². The molecule has 11 heteroatoms. The predicted octanol–water partition coefficient (Wildman–Crippen LogP) is 1.89. The van der Waals surface area contributed by atoms with Crippen LogP contribution < -0.4 is 10.5 Å². The lowest BCUT2D eigenvalue weighted by atomic mass is 9.58. The highest BCUT2D eigenvalue weighted by Gasteiger charge is 2.63. The van der Waals surface area contributed by atoms with Gasteiger partial charge in [0.1, 0.15) is 28.6 Å². The SMILES string of the molecule is CCN(Cc1cc(O)c2c(c1OC)C[C@H]1C[C@H]3[C@H](N(C)C)C(O)=C(C(N)=O)C(=O)[C@@]3(O)C(O)=C1C2=O)C1CCCC1. The number of allylic oxidation sites excluding steroid dienone is 1. The first-order chi connectivity index (χ1) is 19.4. The molecule has 0 bridgehead atoms. The largest absolute Gasteiger partial charge is 0.510 e. The van der Waals surface area contributed by atoms with Crippen molar-refractivity contribution in [2.24, 2.45) is 17.6 Å². The molecule has 0 spiro atoms. The highest BCUT2D eigenvalue weighted by molar-refractivity contribution is 6.24. The number of carbonyl (C=O) groups excluding carboxylic acids is 3. The minimum Gasteiger partial charge on any atom is -0.510 e. The van der Waals surface area contributed by atoms with Crippen molar-refractivity contribution in [2.75, 3.05) is 27.7 Å². The predicted molar refractivity (Wildman–Crippen MR) is 149 cm³/mol. The van der Waals surface area contributed by atoms with Crippen LogP contribution in [0.5, 0.6) is 11.5 Å². The van der Waals surface area contributed by atoms with E-state index >= 15 is 0 Å².